The smallest absolute Gasteiger partial charge is 0.250 e. The van der Waals surface area contributed by atoms with Crippen LogP contribution in [0.5, 0.6) is 5.75 Å². The molecule has 1 unspecified atom stereocenters. The highest BCUT2D eigenvalue weighted by atomic mass is 19.1. The lowest BCUT2D eigenvalue weighted by Gasteiger charge is -2.37. The molecule has 30 heavy (non-hydrogen) atoms. The number of amides is 1. The molecule has 2 N–H and O–H groups in total. The maximum absolute atomic E-state index is 13.3. The molecule has 0 saturated carbocycles. The Kier molecular flexibility index (Phi) is 6.06. The Morgan fingerprint density at radius 2 is 2.07 bits per heavy atom. The molecule has 2 aliphatic carbocycles. The summed E-state index contributed by atoms with van der Waals surface area (Å²) in [6, 6.07) is 7.24. The maximum Gasteiger partial charge on any atom is 0.250 e. The van der Waals surface area contributed by atoms with Crippen LogP contribution in [0.1, 0.15) is 31.7 Å². The molecular formula is C24H29FN2O3. The molecule has 5 nitrogen and oxygen atoms in total. The molecule has 1 aliphatic heterocycles. The van der Waals surface area contributed by atoms with Gasteiger partial charge in [-0.1, -0.05) is 42.5 Å². The molecule has 0 spiro atoms. The van der Waals surface area contributed by atoms with Crippen LogP contribution in [0.15, 0.2) is 59.7 Å². The fraction of sp³-hybridized carbons (Fsp3) is 0.458. The second-order valence-electron chi connectivity index (χ2n) is 7.98. The van der Waals surface area contributed by atoms with E-state index in [-0.39, 0.29) is 11.8 Å². The number of benzene rings is 1. The third kappa shape index (κ3) is 3.82. The third-order valence-electron chi connectivity index (χ3n) is 6.21. The van der Waals surface area contributed by atoms with E-state index in [1.54, 1.807) is 17.1 Å². The van der Waals surface area contributed by atoms with Crippen LogP contribution in [0.3, 0.4) is 0 Å². The Morgan fingerprint density at radius 3 is 2.77 bits per heavy atom. The Balaban J connectivity index is 1.63. The van der Waals surface area contributed by atoms with Gasteiger partial charge in [0.05, 0.1) is 12.0 Å². The van der Waals surface area contributed by atoms with Crippen LogP contribution in [0, 0.1) is 0 Å². The number of alkyl halides is 1. The predicted molar refractivity (Wildman–Crippen MR) is 114 cm³/mol. The van der Waals surface area contributed by atoms with Gasteiger partial charge in [0.25, 0.3) is 0 Å². The largest absolute Gasteiger partial charge is 0.486 e. The number of nitrogens with one attached hydrogen (secondary N) is 1. The average Bonchev–Trinajstić information content (AvgIpc) is 3.15. The van der Waals surface area contributed by atoms with E-state index in [0.29, 0.717) is 31.6 Å². The van der Waals surface area contributed by atoms with Crippen molar-refractivity contribution in [2.75, 3.05) is 19.6 Å². The number of likely N-dealkylation sites (N-methyl/N-ethyl adjacent to an activating group) is 1. The zero-order valence-electron chi connectivity index (χ0n) is 17.4. The summed E-state index contributed by atoms with van der Waals surface area (Å²) < 4.78 is 19.4. The second kappa shape index (κ2) is 8.74. The summed E-state index contributed by atoms with van der Waals surface area (Å²) in [6.45, 7) is 5.65. The third-order valence-corrected chi connectivity index (χ3v) is 6.21. The number of allylic oxidation sites excluding steroid dienone is 2. The highest BCUT2D eigenvalue weighted by molar-refractivity contribution is 5.96. The molecule has 0 saturated heterocycles. The molecule has 0 fully saturated rings. The summed E-state index contributed by atoms with van der Waals surface area (Å²) in [7, 11) is 0. The van der Waals surface area contributed by atoms with Gasteiger partial charge in [-0.3, -0.25) is 4.79 Å². The number of aliphatic hydroxyl groups excluding tert-OH is 1. The van der Waals surface area contributed by atoms with Gasteiger partial charge in [0.2, 0.25) is 5.91 Å². The van der Waals surface area contributed by atoms with Crippen LogP contribution in [0.25, 0.3) is 0 Å². The van der Waals surface area contributed by atoms with E-state index in [4.69, 9.17) is 4.74 Å². The molecule has 1 aromatic rings. The topological polar surface area (TPSA) is 61.8 Å². The van der Waals surface area contributed by atoms with Crippen molar-refractivity contribution >= 4 is 5.91 Å². The summed E-state index contributed by atoms with van der Waals surface area (Å²) >= 11 is 0. The predicted octanol–water partition coefficient (Wildman–Crippen LogP) is 2.88. The van der Waals surface area contributed by atoms with Crippen LogP contribution in [0.2, 0.25) is 0 Å². The van der Waals surface area contributed by atoms with Gasteiger partial charge in [-0.15, -0.1) is 0 Å². The minimum atomic E-state index is -0.932. The Bertz CT molecular complexity index is 890. The number of para-hydroxylation sites is 1. The van der Waals surface area contributed by atoms with Crippen molar-refractivity contribution < 1.29 is 19.0 Å². The van der Waals surface area contributed by atoms with Crippen molar-refractivity contribution in [3.05, 3.63) is 65.3 Å². The fourth-order valence-electron chi connectivity index (χ4n) is 4.53. The van der Waals surface area contributed by atoms with E-state index in [1.165, 1.54) is 0 Å². The van der Waals surface area contributed by atoms with Crippen LogP contribution < -0.4 is 10.1 Å². The Morgan fingerprint density at radius 1 is 1.30 bits per heavy atom. The van der Waals surface area contributed by atoms with E-state index in [2.05, 4.69) is 5.32 Å². The maximum atomic E-state index is 13.3. The van der Waals surface area contributed by atoms with Crippen LogP contribution in [-0.2, 0) is 4.79 Å². The number of halogens is 1. The van der Waals surface area contributed by atoms with Gasteiger partial charge in [-0.2, -0.15) is 0 Å². The molecule has 5 atom stereocenters. The summed E-state index contributed by atoms with van der Waals surface area (Å²) in [6.07, 6.45) is 5.15. The zero-order valence-corrected chi connectivity index (χ0v) is 17.4. The van der Waals surface area contributed by atoms with E-state index in [0.717, 1.165) is 16.9 Å². The van der Waals surface area contributed by atoms with Gasteiger partial charge < -0.3 is 20.1 Å². The first-order chi connectivity index (χ1) is 14.5. The molecule has 4 rings (SSSR count). The molecule has 1 heterocycles. The first-order valence-electron chi connectivity index (χ1n) is 10.7. The number of hydrogen-bond donors (Lipinski definition) is 2. The van der Waals surface area contributed by atoms with Crippen LogP contribution in [0.4, 0.5) is 4.39 Å². The minimum Gasteiger partial charge on any atom is -0.486 e. The van der Waals surface area contributed by atoms with Gasteiger partial charge in [-0.25, -0.2) is 4.39 Å². The van der Waals surface area contributed by atoms with Crippen molar-refractivity contribution in [3.8, 4) is 5.75 Å². The number of nitrogens with zero attached hydrogens (tertiary/aromatic N) is 1. The van der Waals surface area contributed by atoms with Crippen molar-refractivity contribution in [2.24, 2.45) is 0 Å². The van der Waals surface area contributed by atoms with Gasteiger partial charge >= 0.3 is 0 Å². The molecule has 0 aromatic heterocycles. The van der Waals surface area contributed by atoms with Gasteiger partial charge in [0.1, 0.15) is 24.1 Å². The highest BCUT2D eigenvalue weighted by Gasteiger charge is 2.48. The summed E-state index contributed by atoms with van der Waals surface area (Å²) in [5, 5.41) is 14.4. The molecular weight excluding hydrogens is 383 g/mol. The van der Waals surface area contributed by atoms with Gasteiger partial charge in [0, 0.05) is 37.2 Å². The molecule has 6 heteroatoms. The standard InChI is InChI=1S/C24H29FN2O3/c1-3-27(4-2)24(29)18-13-19(26-14-15-9-11-16(25)12-10-15)22(28)23-21(18)17-7-5-6-8-20(17)30-23/h5-11,13,16,19,21-23,26,28H,3-4,12,14H2,1-2H3/t16?,19-,21+,22+,23+/m1/s1. The van der Waals surface area contributed by atoms with Crippen molar-refractivity contribution in [1.29, 1.82) is 0 Å². The van der Waals surface area contributed by atoms with Crippen molar-refractivity contribution in [1.82, 2.24) is 10.2 Å². The molecule has 1 aromatic carbocycles. The molecule has 0 radical (unpaired) electrons. The molecule has 1 amide bonds. The normalized spacial score (nSPS) is 29.4. The van der Waals surface area contributed by atoms with E-state index < -0.39 is 24.4 Å². The van der Waals surface area contributed by atoms with Crippen molar-refractivity contribution in [3.63, 3.8) is 0 Å². The lowest BCUT2D eigenvalue weighted by Crippen LogP contribution is -2.53. The Labute approximate surface area is 176 Å². The SMILES string of the molecule is CCN(CC)C(=O)C1=C[C@@H](NCC2=CCC(F)C=C2)[C@H](O)[C@H]2Oc3ccccc3[C@@H]12. The van der Waals surface area contributed by atoms with E-state index in [9.17, 15) is 14.3 Å². The number of ether oxygens (including phenoxy) is 1. The van der Waals surface area contributed by atoms with E-state index in [1.807, 2.05) is 50.3 Å². The van der Waals surface area contributed by atoms with Gasteiger partial charge in [0.15, 0.2) is 0 Å². The molecule has 3 aliphatic rings. The summed E-state index contributed by atoms with van der Waals surface area (Å²) in [5.74, 6) is 0.409. The lowest BCUT2D eigenvalue weighted by atomic mass is 9.77. The average molecular weight is 413 g/mol. The number of rotatable bonds is 6. The monoisotopic (exact) mass is 412 g/mol. The minimum absolute atomic E-state index is 0.0222. The number of carbonyl (C=O) groups excluding carboxylic acids is 1. The first-order valence-corrected chi connectivity index (χ1v) is 10.7. The molecule has 160 valence electrons. The summed E-state index contributed by atoms with van der Waals surface area (Å²) in [4.78, 5) is 15.1. The number of fused-ring (bicyclic) bond motifs is 3. The van der Waals surface area contributed by atoms with Crippen molar-refractivity contribution in [2.45, 2.75) is 50.6 Å². The molecule has 0 bridgehead atoms. The Hall–Kier alpha value is -2.44. The van der Waals surface area contributed by atoms with Crippen LogP contribution >= 0.6 is 0 Å². The number of carbonyl (C=O) groups is 1. The zero-order chi connectivity index (χ0) is 21.3. The second-order valence-corrected chi connectivity index (χ2v) is 7.98. The van der Waals surface area contributed by atoms with Crippen LogP contribution in [-0.4, -0.2) is 60.0 Å². The number of aliphatic hydroxyl groups is 1. The lowest BCUT2D eigenvalue weighted by molar-refractivity contribution is -0.127. The van der Waals surface area contributed by atoms with Gasteiger partial charge in [-0.05, 0) is 25.5 Å². The van der Waals surface area contributed by atoms with E-state index >= 15 is 0 Å². The first kappa shape index (κ1) is 20.8. The summed E-state index contributed by atoms with van der Waals surface area (Å²) in [5.41, 5.74) is 2.57. The quantitative estimate of drug-likeness (QED) is 0.754. The highest BCUT2D eigenvalue weighted by Crippen LogP contribution is 2.46. The fourth-order valence-corrected chi connectivity index (χ4v) is 4.53. The number of hydrogen-bond acceptors (Lipinski definition) is 4.